The minimum Gasteiger partial charge on any atom is -0.411 e. The van der Waals surface area contributed by atoms with Gasteiger partial charge in [0.2, 0.25) is 0 Å². The van der Waals surface area contributed by atoms with Gasteiger partial charge in [0.05, 0.1) is 5.71 Å². The van der Waals surface area contributed by atoms with Gasteiger partial charge >= 0.3 is 0 Å². The van der Waals surface area contributed by atoms with Gasteiger partial charge in [-0.3, -0.25) is 0 Å². The molecule has 2 heteroatoms. The SMILES string of the molecule is C=C(c1ccccc1)C12CCC(=NO)C1CC(CCCCCC)=C2c1ccccc1. The molecule has 1 N–H and O–H groups in total. The van der Waals surface area contributed by atoms with E-state index >= 15 is 0 Å². The Morgan fingerprint density at radius 3 is 2.40 bits per heavy atom. The van der Waals surface area contributed by atoms with Gasteiger partial charge in [0.1, 0.15) is 0 Å². The van der Waals surface area contributed by atoms with Gasteiger partial charge in [-0.25, -0.2) is 0 Å². The zero-order valence-corrected chi connectivity index (χ0v) is 18.1. The summed E-state index contributed by atoms with van der Waals surface area (Å²) in [5.41, 5.74) is 7.45. The van der Waals surface area contributed by atoms with E-state index in [1.165, 1.54) is 48.0 Å². The van der Waals surface area contributed by atoms with Gasteiger partial charge in [-0.2, -0.15) is 0 Å². The van der Waals surface area contributed by atoms with Crippen molar-refractivity contribution >= 4 is 16.9 Å². The molecular formula is C28H33NO. The van der Waals surface area contributed by atoms with Gasteiger partial charge in [-0.1, -0.05) is 104 Å². The topological polar surface area (TPSA) is 32.6 Å². The van der Waals surface area contributed by atoms with Crippen molar-refractivity contribution in [2.45, 2.75) is 58.3 Å². The van der Waals surface area contributed by atoms with E-state index in [1.807, 2.05) is 0 Å². The van der Waals surface area contributed by atoms with Crippen LogP contribution in [0.4, 0.5) is 0 Å². The van der Waals surface area contributed by atoms with Crippen molar-refractivity contribution < 1.29 is 5.21 Å². The molecule has 0 aromatic heterocycles. The summed E-state index contributed by atoms with van der Waals surface area (Å²) in [5.74, 6) is 0.214. The number of rotatable bonds is 8. The van der Waals surface area contributed by atoms with Gasteiger partial charge in [-0.05, 0) is 54.4 Å². The molecule has 0 amide bonds. The van der Waals surface area contributed by atoms with Crippen LogP contribution in [0.5, 0.6) is 0 Å². The van der Waals surface area contributed by atoms with Crippen molar-refractivity contribution in [1.82, 2.24) is 0 Å². The van der Waals surface area contributed by atoms with Gasteiger partial charge in [0.25, 0.3) is 0 Å². The zero-order chi connectivity index (χ0) is 21.0. The summed E-state index contributed by atoms with van der Waals surface area (Å²) < 4.78 is 0. The van der Waals surface area contributed by atoms with Gasteiger partial charge in [0.15, 0.2) is 0 Å². The maximum atomic E-state index is 9.81. The lowest BCUT2D eigenvalue weighted by Gasteiger charge is -2.36. The Balaban J connectivity index is 1.83. The van der Waals surface area contributed by atoms with Crippen LogP contribution in [-0.2, 0) is 0 Å². The summed E-state index contributed by atoms with van der Waals surface area (Å²) >= 11 is 0. The van der Waals surface area contributed by atoms with Crippen LogP contribution in [0.15, 0.2) is 78.0 Å². The smallest absolute Gasteiger partial charge is 0.0617 e. The normalized spacial score (nSPS) is 24.4. The Morgan fingerprint density at radius 2 is 1.73 bits per heavy atom. The number of fused-ring (bicyclic) bond motifs is 1. The van der Waals surface area contributed by atoms with E-state index in [-0.39, 0.29) is 11.3 Å². The van der Waals surface area contributed by atoms with Crippen molar-refractivity contribution in [2.24, 2.45) is 16.5 Å². The van der Waals surface area contributed by atoms with Crippen molar-refractivity contribution in [3.63, 3.8) is 0 Å². The number of hydrogen-bond donors (Lipinski definition) is 1. The molecule has 30 heavy (non-hydrogen) atoms. The molecule has 0 aliphatic heterocycles. The monoisotopic (exact) mass is 399 g/mol. The highest BCUT2D eigenvalue weighted by Gasteiger charge is 2.56. The second-order valence-electron chi connectivity index (χ2n) is 8.82. The summed E-state index contributed by atoms with van der Waals surface area (Å²) in [6.07, 6.45) is 8.97. The minimum atomic E-state index is -0.176. The van der Waals surface area contributed by atoms with E-state index in [0.717, 1.165) is 31.4 Å². The van der Waals surface area contributed by atoms with Crippen LogP contribution in [0.1, 0.15) is 69.4 Å². The number of nitrogens with zero attached hydrogens (tertiary/aromatic N) is 1. The molecule has 2 aliphatic carbocycles. The molecule has 0 bridgehead atoms. The standard InChI is InChI=1S/C28H33NO/c1-3-4-5-8-17-24-20-25-26(29-30)18-19-28(25,21(2)22-13-9-6-10-14-22)27(24)23-15-11-7-12-16-23/h6-7,9-16,25,30H,2-5,8,17-20H2,1H3. The molecule has 4 rings (SSSR count). The molecule has 1 fully saturated rings. The van der Waals surface area contributed by atoms with E-state index in [4.69, 9.17) is 0 Å². The summed E-state index contributed by atoms with van der Waals surface area (Å²) in [4.78, 5) is 0. The molecule has 0 heterocycles. The summed E-state index contributed by atoms with van der Waals surface area (Å²) in [7, 11) is 0. The van der Waals surface area contributed by atoms with Crippen LogP contribution in [0.2, 0.25) is 0 Å². The number of oxime groups is 1. The molecule has 156 valence electrons. The highest BCUT2D eigenvalue weighted by Crippen LogP contribution is 2.65. The summed E-state index contributed by atoms with van der Waals surface area (Å²) in [6.45, 7) is 6.92. The lowest BCUT2D eigenvalue weighted by atomic mass is 9.66. The first-order valence-corrected chi connectivity index (χ1v) is 11.5. The van der Waals surface area contributed by atoms with Crippen LogP contribution < -0.4 is 0 Å². The zero-order valence-electron chi connectivity index (χ0n) is 18.1. The Morgan fingerprint density at radius 1 is 1.03 bits per heavy atom. The maximum absolute atomic E-state index is 9.81. The molecule has 0 saturated heterocycles. The lowest BCUT2D eigenvalue weighted by Crippen LogP contribution is -2.27. The molecule has 2 unspecified atom stereocenters. The van der Waals surface area contributed by atoms with Crippen LogP contribution in [0.25, 0.3) is 11.1 Å². The molecule has 2 aromatic rings. The summed E-state index contributed by atoms with van der Waals surface area (Å²) in [6, 6.07) is 21.4. The van der Waals surface area contributed by atoms with Gasteiger partial charge in [-0.15, -0.1) is 0 Å². The number of benzene rings is 2. The molecule has 0 spiro atoms. The highest BCUT2D eigenvalue weighted by atomic mass is 16.4. The molecule has 2 aromatic carbocycles. The van der Waals surface area contributed by atoms with Crippen LogP contribution >= 0.6 is 0 Å². The fraction of sp³-hybridized carbons (Fsp3) is 0.393. The predicted molar refractivity (Wildman–Crippen MR) is 127 cm³/mol. The fourth-order valence-corrected chi connectivity index (χ4v) is 5.80. The minimum absolute atomic E-state index is 0.176. The molecule has 2 nitrogen and oxygen atoms in total. The van der Waals surface area contributed by atoms with Crippen molar-refractivity contribution in [1.29, 1.82) is 0 Å². The van der Waals surface area contributed by atoms with Gasteiger partial charge < -0.3 is 5.21 Å². The molecule has 2 aliphatic rings. The highest BCUT2D eigenvalue weighted by molar-refractivity contribution is 6.02. The Bertz CT molecular complexity index is 941. The summed E-state index contributed by atoms with van der Waals surface area (Å²) in [5, 5.41) is 13.6. The van der Waals surface area contributed by atoms with Crippen LogP contribution in [-0.4, -0.2) is 10.9 Å². The van der Waals surface area contributed by atoms with Crippen molar-refractivity contribution in [3.05, 3.63) is 83.9 Å². The van der Waals surface area contributed by atoms with E-state index in [2.05, 4.69) is 79.3 Å². The van der Waals surface area contributed by atoms with Crippen LogP contribution in [0, 0.1) is 11.3 Å². The average molecular weight is 400 g/mol. The third kappa shape index (κ3) is 3.53. The van der Waals surface area contributed by atoms with Crippen molar-refractivity contribution in [3.8, 4) is 0 Å². The third-order valence-corrected chi connectivity index (χ3v) is 7.21. The second-order valence-corrected chi connectivity index (χ2v) is 8.82. The Hall–Kier alpha value is -2.61. The quantitative estimate of drug-likeness (QED) is 0.275. The first-order chi connectivity index (χ1) is 14.7. The molecular weight excluding hydrogens is 366 g/mol. The van der Waals surface area contributed by atoms with E-state index < -0.39 is 0 Å². The first kappa shape index (κ1) is 20.7. The fourth-order valence-electron chi connectivity index (χ4n) is 5.80. The maximum Gasteiger partial charge on any atom is 0.0617 e. The molecule has 1 saturated carbocycles. The van der Waals surface area contributed by atoms with E-state index in [1.54, 1.807) is 5.57 Å². The largest absolute Gasteiger partial charge is 0.411 e. The average Bonchev–Trinajstić information content (AvgIpc) is 3.31. The molecule has 0 radical (unpaired) electrons. The molecule has 2 atom stereocenters. The van der Waals surface area contributed by atoms with E-state index in [0.29, 0.717) is 0 Å². The van der Waals surface area contributed by atoms with Crippen molar-refractivity contribution in [2.75, 3.05) is 0 Å². The second kappa shape index (κ2) is 9.04. The van der Waals surface area contributed by atoms with Crippen LogP contribution in [0.3, 0.4) is 0 Å². The number of unbranched alkanes of at least 4 members (excludes halogenated alkanes) is 3. The predicted octanol–water partition coefficient (Wildman–Crippen LogP) is 7.75. The first-order valence-electron chi connectivity index (χ1n) is 11.5. The van der Waals surface area contributed by atoms with E-state index in [9.17, 15) is 5.21 Å². The lowest BCUT2D eigenvalue weighted by molar-refractivity contribution is 0.313. The number of hydrogen-bond acceptors (Lipinski definition) is 2. The van der Waals surface area contributed by atoms with Gasteiger partial charge in [0, 0.05) is 11.3 Å². The number of allylic oxidation sites excluding steroid dienone is 3. The third-order valence-electron chi connectivity index (χ3n) is 7.21. The Labute approximate surface area is 181 Å². The Kier molecular flexibility index (Phi) is 6.22.